The van der Waals surface area contributed by atoms with E-state index in [0.717, 1.165) is 11.1 Å². The molecule has 70 valence electrons. The van der Waals surface area contributed by atoms with Crippen molar-refractivity contribution in [3.05, 3.63) is 35.4 Å². The molecule has 1 aliphatic rings. The van der Waals surface area contributed by atoms with Crippen LogP contribution in [0.15, 0.2) is 24.3 Å². The number of hydrogen-bond acceptors (Lipinski definition) is 2. The second kappa shape index (κ2) is 4.65. The number of rotatable bonds is 0. The number of benzene rings is 1. The van der Waals surface area contributed by atoms with E-state index in [9.17, 15) is 4.79 Å². The fourth-order valence-corrected chi connectivity index (χ4v) is 1.24. The summed E-state index contributed by atoms with van der Waals surface area (Å²) in [6.07, 6.45) is 0.427. The zero-order valence-electron chi connectivity index (χ0n) is 8.04. The zero-order valence-corrected chi connectivity index (χ0v) is 8.04. The maximum Gasteiger partial charge on any atom is 0.310 e. The molecule has 1 aromatic carbocycles. The Morgan fingerprint density at radius 3 is 2.46 bits per heavy atom. The molecule has 2 heteroatoms. The van der Waals surface area contributed by atoms with Crippen molar-refractivity contribution in [1.29, 1.82) is 0 Å². The van der Waals surface area contributed by atoms with Crippen LogP contribution in [0.2, 0.25) is 0 Å². The first kappa shape index (κ1) is 9.78. The van der Waals surface area contributed by atoms with Gasteiger partial charge in [-0.2, -0.15) is 0 Å². The van der Waals surface area contributed by atoms with Crippen molar-refractivity contribution < 1.29 is 9.53 Å². The van der Waals surface area contributed by atoms with Crippen LogP contribution < -0.4 is 0 Å². The summed E-state index contributed by atoms with van der Waals surface area (Å²) in [6.45, 7) is 4.44. The van der Waals surface area contributed by atoms with Crippen LogP contribution in [0.25, 0.3) is 0 Å². The minimum absolute atomic E-state index is 0.122. The molecular formula is C11H14O2. The third-order valence-corrected chi connectivity index (χ3v) is 1.84. The second-order valence-corrected chi connectivity index (χ2v) is 2.61. The molecule has 0 aliphatic carbocycles. The van der Waals surface area contributed by atoms with Crippen molar-refractivity contribution in [2.75, 3.05) is 0 Å². The van der Waals surface area contributed by atoms with Gasteiger partial charge in [0.1, 0.15) is 6.61 Å². The quantitative estimate of drug-likeness (QED) is 0.570. The lowest BCUT2D eigenvalue weighted by atomic mass is 10.0. The minimum atomic E-state index is -0.122. The van der Waals surface area contributed by atoms with E-state index in [0.29, 0.717) is 13.0 Å². The van der Waals surface area contributed by atoms with Gasteiger partial charge >= 0.3 is 5.97 Å². The predicted molar refractivity (Wildman–Crippen MR) is 51.3 cm³/mol. The molecule has 13 heavy (non-hydrogen) atoms. The first-order valence-corrected chi connectivity index (χ1v) is 4.58. The van der Waals surface area contributed by atoms with E-state index < -0.39 is 0 Å². The van der Waals surface area contributed by atoms with Crippen LogP contribution in [0.1, 0.15) is 25.0 Å². The van der Waals surface area contributed by atoms with E-state index in [1.165, 1.54) is 0 Å². The fraction of sp³-hybridized carbons (Fsp3) is 0.364. The Balaban J connectivity index is 0.000000396. The van der Waals surface area contributed by atoms with Gasteiger partial charge in [-0.05, 0) is 11.1 Å². The van der Waals surface area contributed by atoms with E-state index in [2.05, 4.69) is 0 Å². The summed E-state index contributed by atoms with van der Waals surface area (Å²) in [7, 11) is 0. The number of ether oxygens (including phenoxy) is 1. The molecule has 0 atom stereocenters. The third-order valence-electron chi connectivity index (χ3n) is 1.84. The van der Waals surface area contributed by atoms with Crippen LogP contribution in [0.3, 0.4) is 0 Å². The summed E-state index contributed by atoms with van der Waals surface area (Å²) < 4.78 is 4.87. The van der Waals surface area contributed by atoms with Gasteiger partial charge in [-0.25, -0.2) is 0 Å². The average Bonchev–Trinajstić information content (AvgIpc) is 2.21. The molecule has 0 fully saturated rings. The Labute approximate surface area is 78.5 Å². The number of fused-ring (bicyclic) bond motifs is 1. The Hall–Kier alpha value is -1.31. The Bertz CT molecular complexity index is 292. The van der Waals surface area contributed by atoms with E-state index >= 15 is 0 Å². The van der Waals surface area contributed by atoms with Crippen molar-refractivity contribution in [2.45, 2.75) is 26.9 Å². The van der Waals surface area contributed by atoms with Gasteiger partial charge in [0, 0.05) is 0 Å². The summed E-state index contributed by atoms with van der Waals surface area (Å²) in [5.74, 6) is -0.122. The lowest BCUT2D eigenvalue weighted by Gasteiger charge is -2.14. The summed E-state index contributed by atoms with van der Waals surface area (Å²) in [4.78, 5) is 10.8. The molecule has 0 aromatic heterocycles. The standard InChI is InChI=1S/C9H8O2.C2H6/c10-9-5-7-3-1-2-4-8(7)6-11-9;1-2/h1-4H,5-6H2;1-2H3. The maximum absolute atomic E-state index is 10.8. The number of cyclic esters (lactones) is 1. The summed E-state index contributed by atoms with van der Waals surface area (Å²) in [5, 5.41) is 0. The van der Waals surface area contributed by atoms with Crippen LogP contribution in [0, 0.1) is 0 Å². The highest BCUT2D eigenvalue weighted by Gasteiger charge is 2.14. The van der Waals surface area contributed by atoms with Gasteiger partial charge in [0.15, 0.2) is 0 Å². The zero-order chi connectivity index (χ0) is 9.68. The number of carbonyl (C=O) groups is 1. The molecule has 0 unspecified atom stereocenters. The smallest absolute Gasteiger partial charge is 0.310 e. The molecule has 0 spiro atoms. The molecule has 2 rings (SSSR count). The molecule has 0 saturated carbocycles. The summed E-state index contributed by atoms with van der Waals surface area (Å²) in [6, 6.07) is 7.85. The molecule has 1 aliphatic heterocycles. The second-order valence-electron chi connectivity index (χ2n) is 2.61. The molecule has 0 amide bonds. The lowest BCUT2D eigenvalue weighted by molar-refractivity contribution is -0.145. The summed E-state index contributed by atoms with van der Waals surface area (Å²) >= 11 is 0. The van der Waals surface area contributed by atoms with Gasteiger partial charge in [-0.15, -0.1) is 0 Å². The molecule has 1 heterocycles. The molecule has 0 saturated heterocycles. The third kappa shape index (κ3) is 2.31. The highest BCUT2D eigenvalue weighted by Crippen LogP contribution is 2.15. The van der Waals surface area contributed by atoms with Gasteiger partial charge in [0.25, 0.3) is 0 Å². The van der Waals surface area contributed by atoms with Crippen LogP contribution in [-0.2, 0) is 22.6 Å². The van der Waals surface area contributed by atoms with E-state index in [1.807, 2.05) is 38.1 Å². The van der Waals surface area contributed by atoms with Gasteiger partial charge in [-0.3, -0.25) is 4.79 Å². The van der Waals surface area contributed by atoms with Crippen LogP contribution in [-0.4, -0.2) is 5.97 Å². The molecule has 0 bridgehead atoms. The normalized spacial score (nSPS) is 13.5. The lowest BCUT2D eigenvalue weighted by Crippen LogP contribution is -2.15. The highest BCUT2D eigenvalue weighted by atomic mass is 16.5. The topological polar surface area (TPSA) is 26.3 Å². The fourth-order valence-electron chi connectivity index (χ4n) is 1.24. The number of hydrogen-bond donors (Lipinski definition) is 0. The maximum atomic E-state index is 10.8. The van der Waals surface area contributed by atoms with Crippen LogP contribution in [0.5, 0.6) is 0 Å². The molecule has 0 radical (unpaired) electrons. The van der Waals surface area contributed by atoms with Crippen molar-refractivity contribution in [1.82, 2.24) is 0 Å². The first-order valence-electron chi connectivity index (χ1n) is 4.58. The summed E-state index contributed by atoms with van der Waals surface area (Å²) in [5.41, 5.74) is 2.23. The van der Waals surface area contributed by atoms with E-state index in [4.69, 9.17) is 4.74 Å². The molecule has 0 N–H and O–H groups in total. The minimum Gasteiger partial charge on any atom is -0.461 e. The van der Waals surface area contributed by atoms with Crippen LogP contribution >= 0.6 is 0 Å². The van der Waals surface area contributed by atoms with Gasteiger partial charge < -0.3 is 4.74 Å². The van der Waals surface area contributed by atoms with Gasteiger partial charge in [0.05, 0.1) is 6.42 Å². The predicted octanol–water partition coefficient (Wildman–Crippen LogP) is 2.31. The Morgan fingerprint density at radius 2 is 1.77 bits per heavy atom. The molecular weight excluding hydrogens is 164 g/mol. The van der Waals surface area contributed by atoms with Gasteiger partial charge in [-0.1, -0.05) is 38.1 Å². The van der Waals surface area contributed by atoms with E-state index in [1.54, 1.807) is 0 Å². The van der Waals surface area contributed by atoms with Crippen molar-refractivity contribution >= 4 is 5.97 Å². The highest BCUT2D eigenvalue weighted by molar-refractivity contribution is 5.74. The van der Waals surface area contributed by atoms with Gasteiger partial charge in [0.2, 0.25) is 0 Å². The largest absolute Gasteiger partial charge is 0.461 e. The Morgan fingerprint density at radius 1 is 1.15 bits per heavy atom. The van der Waals surface area contributed by atoms with Crippen molar-refractivity contribution in [3.63, 3.8) is 0 Å². The van der Waals surface area contributed by atoms with Crippen molar-refractivity contribution in [2.24, 2.45) is 0 Å². The average molecular weight is 178 g/mol. The first-order chi connectivity index (χ1) is 6.36. The van der Waals surface area contributed by atoms with Crippen LogP contribution in [0.4, 0.5) is 0 Å². The number of esters is 1. The van der Waals surface area contributed by atoms with Crippen molar-refractivity contribution in [3.8, 4) is 0 Å². The Kier molecular flexibility index (Phi) is 3.50. The molecule has 1 aromatic rings. The monoisotopic (exact) mass is 178 g/mol. The SMILES string of the molecule is CC.O=C1Cc2ccccc2CO1. The number of carbonyl (C=O) groups excluding carboxylic acids is 1. The van der Waals surface area contributed by atoms with E-state index in [-0.39, 0.29) is 5.97 Å². The molecule has 2 nitrogen and oxygen atoms in total.